The van der Waals surface area contributed by atoms with Crippen LogP contribution in [-0.2, 0) is 25.7 Å². The summed E-state index contributed by atoms with van der Waals surface area (Å²) >= 11 is 1.56. The van der Waals surface area contributed by atoms with Crippen LogP contribution in [0.4, 0.5) is 8.78 Å². The molecule has 3 amide bonds. The second-order valence-corrected chi connectivity index (χ2v) is 17.0. The van der Waals surface area contributed by atoms with Crippen LogP contribution < -0.4 is 15.4 Å². The fraction of sp³-hybridized carbons (Fsp3) is 0.395. The minimum Gasteiger partial charge on any atom is -0.461 e. The van der Waals surface area contributed by atoms with Crippen molar-refractivity contribution in [2.24, 2.45) is 5.41 Å². The number of aryl methyl sites for hydroxylation is 1. The highest BCUT2D eigenvalue weighted by molar-refractivity contribution is 7.13. The van der Waals surface area contributed by atoms with Crippen molar-refractivity contribution in [3.05, 3.63) is 84.0 Å². The number of aromatic nitrogens is 7. The van der Waals surface area contributed by atoms with Crippen LogP contribution in [0.25, 0.3) is 44.0 Å². The Morgan fingerprint density at radius 3 is 2.56 bits per heavy atom. The Hall–Kier alpha value is -6.18. The van der Waals surface area contributed by atoms with Crippen LogP contribution in [0.15, 0.2) is 72.8 Å². The average molecular weight is 871 g/mol. The van der Waals surface area contributed by atoms with Crippen LogP contribution in [-0.4, -0.2) is 113 Å². The number of carbonyl (C=O) groups is 3. The fourth-order valence-electron chi connectivity index (χ4n) is 7.26. The number of aliphatic hydroxyl groups is 1. The molecule has 1 aliphatic heterocycles. The van der Waals surface area contributed by atoms with Crippen molar-refractivity contribution in [2.45, 2.75) is 78.2 Å². The maximum atomic E-state index is 14.1. The number of H-pyrrole nitrogens is 1. The SMILES string of the molecule is Cc1ncsc1-c1ccc([C@H](C)NC(=O)[C@@H]2C[C@@H](O)CN2C(=O)[C@H](NC(=O)COCCOc2nccc(-c3cn(CC(F)F)nc3-c3cnc4[nH]ccc4c3)n2)C(C)(C)C)cc1. The Morgan fingerprint density at radius 2 is 1.84 bits per heavy atom. The first-order valence-corrected chi connectivity index (χ1v) is 20.9. The summed E-state index contributed by atoms with van der Waals surface area (Å²) in [5, 5.41) is 21.6. The minimum absolute atomic E-state index is 0.0126. The van der Waals surface area contributed by atoms with Crippen molar-refractivity contribution in [3.63, 3.8) is 0 Å². The van der Waals surface area contributed by atoms with Crippen LogP contribution in [0.5, 0.6) is 6.01 Å². The smallest absolute Gasteiger partial charge is 0.316 e. The van der Waals surface area contributed by atoms with E-state index < -0.39 is 60.9 Å². The van der Waals surface area contributed by atoms with Gasteiger partial charge in [0.2, 0.25) is 17.7 Å². The number of rotatable bonds is 16. The molecule has 0 spiro atoms. The lowest BCUT2D eigenvalue weighted by Gasteiger charge is -2.35. The lowest BCUT2D eigenvalue weighted by molar-refractivity contribution is -0.144. The van der Waals surface area contributed by atoms with Crippen LogP contribution in [0.2, 0.25) is 0 Å². The van der Waals surface area contributed by atoms with Crippen LogP contribution in [0, 0.1) is 12.3 Å². The number of halogens is 2. The summed E-state index contributed by atoms with van der Waals surface area (Å²) in [5.41, 5.74) is 6.43. The Morgan fingerprint density at radius 1 is 1.05 bits per heavy atom. The standard InChI is InChI=1S/C43H48F2N10O6S/c1-24(26-6-8-27(9-7-26)37-25(2)49-23-62-37)50-40(58)33-17-30(56)19-55(33)41(59)38(43(3,4)5)52-35(57)22-60-14-15-61-42-47-13-11-32(51-42)31-20-54(21-34(44)45)53-36(31)29-16-28-10-12-46-39(28)48-18-29/h6-13,16,18,20,23-24,30,33-34,38,56H,14-15,17,19,21-22H2,1-5H3,(H,46,48)(H,50,58)(H,52,57)/t24-,30+,33-,38-/m0/s1. The van der Waals surface area contributed by atoms with Gasteiger partial charge < -0.3 is 35.1 Å². The van der Waals surface area contributed by atoms with Gasteiger partial charge in [0, 0.05) is 54.3 Å². The molecular formula is C43H48F2N10O6S. The summed E-state index contributed by atoms with van der Waals surface area (Å²) in [6.45, 7) is 8.04. The van der Waals surface area contributed by atoms with E-state index in [0.29, 0.717) is 28.2 Å². The molecule has 6 aromatic rings. The molecule has 1 aromatic carbocycles. The van der Waals surface area contributed by atoms with Crippen molar-refractivity contribution in [3.8, 4) is 39.0 Å². The van der Waals surface area contributed by atoms with E-state index in [1.807, 2.05) is 50.2 Å². The number of amides is 3. The Labute approximate surface area is 360 Å². The van der Waals surface area contributed by atoms with Gasteiger partial charge in [-0.15, -0.1) is 11.3 Å². The number of ether oxygens (including phenoxy) is 2. The van der Waals surface area contributed by atoms with Gasteiger partial charge in [-0.3, -0.25) is 19.1 Å². The van der Waals surface area contributed by atoms with E-state index in [1.165, 1.54) is 17.3 Å². The van der Waals surface area contributed by atoms with Gasteiger partial charge in [0.15, 0.2) is 0 Å². The van der Waals surface area contributed by atoms with E-state index in [-0.39, 0.29) is 38.2 Å². The molecular weight excluding hydrogens is 823 g/mol. The van der Waals surface area contributed by atoms with E-state index in [9.17, 15) is 28.3 Å². The highest BCUT2D eigenvalue weighted by atomic mass is 32.1. The van der Waals surface area contributed by atoms with Crippen LogP contribution in [0.3, 0.4) is 0 Å². The number of alkyl halides is 2. The van der Waals surface area contributed by atoms with Crippen molar-refractivity contribution in [1.29, 1.82) is 0 Å². The number of carbonyl (C=O) groups excluding carboxylic acids is 3. The molecule has 6 heterocycles. The third-order valence-corrected chi connectivity index (χ3v) is 11.4. The van der Waals surface area contributed by atoms with E-state index in [4.69, 9.17) is 9.47 Å². The molecule has 4 N–H and O–H groups in total. The number of fused-ring (bicyclic) bond motifs is 1. The molecule has 7 rings (SSSR count). The molecule has 326 valence electrons. The van der Waals surface area contributed by atoms with Gasteiger partial charge in [-0.25, -0.2) is 23.7 Å². The summed E-state index contributed by atoms with van der Waals surface area (Å²) in [4.78, 5) is 63.7. The van der Waals surface area contributed by atoms with Crippen molar-refractivity contribution >= 4 is 40.1 Å². The maximum absolute atomic E-state index is 14.1. The number of aromatic amines is 1. The second kappa shape index (κ2) is 18.8. The fourth-order valence-corrected chi connectivity index (χ4v) is 8.07. The van der Waals surface area contributed by atoms with Gasteiger partial charge in [0.05, 0.1) is 40.5 Å². The lowest BCUT2D eigenvalue weighted by Crippen LogP contribution is -2.58. The molecule has 19 heteroatoms. The monoisotopic (exact) mass is 870 g/mol. The number of hydrogen-bond donors (Lipinski definition) is 4. The number of nitrogens with zero attached hydrogens (tertiary/aromatic N) is 7. The first-order valence-electron chi connectivity index (χ1n) is 20.1. The topological polar surface area (TPSA) is 202 Å². The van der Waals surface area contributed by atoms with Gasteiger partial charge in [-0.05, 0) is 48.6 Å². The molecule has 0 saturated carbocycles. The first kappa shape index (κ1) is 43.9. The molecule has 0 aliphatic carbocycles. The number of likely N-dealkylation sites (tertiary alicyclic amines) is 1. The van der Waals surface area contributed by atoms with Crippen LogP contribution in [0.1, 0.15) is 51.4 Å². The van der Waals surface area contributed by atoms with E-state index >= 15 is 0 Å². The largest absolute Gasteiger partial charge is 0.461 e. The third-order valence-electron chi connectivity index (χ3n) is 10.4. The highest BCUT2D eigenvalue weighted by Gasteiger charge is 2.44. The molecule has 1 saturated heterocycles. The Bertz CT molecular complexity index is 2520. The number of aliphatic hydroxyl groups excluding tert-OH is 1. The van der Waals surface area contributed by atoms with Crippen molar-refractivity contribution < 1.29 is 37.7 Å². The zero-order valence-electron chi connectivity index (χ0n) is 34.8. The number of benzene rings is 1. The van der Waals surface area contributed by atoms with Crippen molar-refractivity contribution in [1.82, 2.24) is 50.2 Å². The molecule has 0 bridgehead atoms. The predicted molar refractivity (Wildman–Crippen MR) is 227 cm³/mol. The molecule has 16 nitrogen and oxygen atoms in total. The summed E-state index contributed by atoms with van der Waals surface area (Å²) in [5.74, 6) is -1.47. The normalized spacial score (nSPS) is 16.4. The number of hydrogen-bond acceptors (Lipinski definition) is 12. The molecule has 5 aromatic heterocycles. The molecule has 4 atom stereocenters. The summed E-state index contributed by atoms with van der Waals surface area (Å²) in [7, 11) is 0. The summed E-state index contributed by atoms with van der Waals surface area (Å²) in [6, 6.07) is 10.8. The van der Waals surface area contributed by atoms with Gasteiger partial charge in [-0.2, -0.15) is 10.1 Å². The lowest BCUT2D eigenvalue weighted by atomic mass is 9.85. The Balaban J connectivity index is 0.926. The number of thiazole rings is 1. The molecule has 62 heavy (non-hydrogen) atoms. The quantitative estimate of drug-likeness (QED) is 0.0915. The third kappa shape index (κ3) is 10.3. The van der Waals surface area contributed by atoms with Gasteiger partial charge in [-0.1, -0.05) is 45.0 Å². The highest BCUT2D eigenvalue weighted by Crippen LogP contribution is 2.33. The zero-order chi connectivity index (χ0) is 44.1. The minimum atomic E-state index is -2.62. The van der Waals surface area contributed by atoms with Crippen LogP contribution >= 0.6 is 11.3 Å². The molecule has 1 aliphatic rings. The van der Waals surface area contributed by atoms with Gasteiger partial charge in [0.1, 0.15) is 43.2 Å². The molecule has 0 radical (unpaired) electrons. The average Bonchev–Trinajstić information content (AvgIpc) is 4.06. The first-order chi connectivity index (χ1) is 29.6. The predicted octanol–water partition coefficient (Wildman–Crippen LogP) is 5.35. The second-order valence-electron chi connectivity index (χ2n) is 16.2. The maximum Gasteiger partial charge on any atom is 0.316 e. The zero-order valence-corrected chi connectivity index (χ0v) is 35.7. The van der Waals surface area contributed by atoms with E-state index in [2.05, 4.69) is 40.7 Å². The summed E-state index contributed by atoms with van der Waals surface area (Å²) < 4.78 is 39.1. The van der Waals surface area contributed by atoms with Gasteiger partial charge >= 0.3 is 6.01 Å². The Kier molecular flexibility index (Phi) is 13.3. The van der Waals surface area contributed by atoms with E-state index in [1.54, 1.807) is 56.1 Å². The number of nitrogens with one attached hydrogen (secondary N) is 3. The number of pyridine rings is 1. The van der Waals surface area contributed by atoms with Gasteiger partial charge in [0.25, 0.3) is 6.43 Å². The molecule has 0 unspecified atom stereocenters. The van der Waals surface area contributed by atoms with Crippen molar-refractivity contribution in [2.75, 3.05) is 26.4 Å². The summed E-state index contributed by atoms with van der Waals surface area (Å²) in [6.07, 6.45) is 2.82. The van der Waals surface area contributed by atoms with E-state index in [0.717, 1.165) is 31.8 Å². The number of β-amino-alcohol motifs (C(OH)–C–C–N with tert-alkyl or cyclic N) is 1. The molecule has 1 fully saturated rings.